The minimum Gasteiger partial charge on any atom is -0.354 e. The first-order chi connectivity index (χ1) is 9.87. The van der Waals surface area contributed by atoms with Gasteiger partial charge in [-0.15, -0.1) is 12.4 Å². The fraction of sp³-hybridized carbons (Fsp3) is 0.941. The zero-order valence-electron chi connectivity index (χ0n) is 14.5. The maximum absolute atomic E-state index is 12.6. The Hall–Kier alpha value is -0.320. The van der Waals surface area contributed by atoms with Crippen LogP contribution in [0.5, 0.6) is 0 Å². The Morgan fingerprint density at radius 1 is 1.14 bits per heavy atom. The molecule has 1 amide bonds. The summed E-state index contributed by atoms with van der Waals surface area (Å²) < 4.78 is 0. The molecule has 0 spiro atoms. The average Bonchev–Trinajstić information content (AvgIpc) is 2.45. The van der Waals surface area contributed by atoms with Crippen molar-refractivity contribution in [1.82, 2.24) is 10.2 Å². The molecule has 5 heteroatoms. The summed E-state index contributed by atoms with van der Waals surface area (Å²) in [5.41, 5.74) is 6.17. The molecule has 130 valence electrons. The van der Waals surface area contributed by atoms with Crippen LogP contribution in [0.2, 0.25) is 0 Å². The Morgan fingerprint density at radius 2 is 1.73 bits per heavy atom. The van der Waals surface area contributed by atoms with Crippen LogP contribution in [0.25, 0.3) is 0 Å². The molecule has 3 N–H and O–H groups in total. The molecule has 0 aromatic carbocycles. The van der Waals surface area contributed by atoms with Crippen molar-refractivity contribution in [3.05, 3.63) is 0 Å². The van der Waals surface area contributed by atoms with Crippen LogP contribution >= 0.6 is 12.4 Å². The fourth-order valence-electron chi connectivity index (χ4n) is 4.16. The van der Waals surface area contributed by atoms with Crippen molar-refractivity contribution >= 4 is 18.3 Å². The molecule has 0 saturated heterocycles. The predicted molar refractivity (Wildman–Crippen MR) is 94.3 cm³/mol. The first-order valence-electron chi connectivity index (χ1n) is 8.61. The smallest absolute Gasteiger partial charge is 0.225 e. The molecular formula is C17H34ClN3O. The third-order valence-corrected chi connectivity index (χ3v) is 5.90. The number of amides is 1. The molecule has 2 atom stereocenters. The first kappa shape index (κ1) is 19.7. The highest BCUT2D eigenvalue weighted by atomic mass is 35.5. The fourth-order valence-corrected chi connectivity index (χ4v) is 4.16. The average molecular weight is 332 g/mol. The third kappa shape index (κ3) is 4.36. The van der Waals surface area contributed by atoms with Crippen molar-refractivity contribution in [2.24, 2.45) is 11.7 Å². The van der Waals surface area contributed by atoms with Gasteiger partial charge in [0.05, 0.1) is 5.92 Å². The number of nitrogens with one attached hydrogen (secondary N) is 1. The van der Waals surface area contributed by atoms with Gasteiger partial charge in [-0.05, 0) is 46.7 Å². The summed E-state index contributed by atoms with van der Waals surface area (Å²) in [4.78, 5) is 14.9. The first-order valence-corrected chi connectivity index (χ1v) is 8.61. The number of carbonyl (C=O) groups is 1. The number of halogens is 1. The summed E-state index contributed by atoms with van der Waals surface area (Å²) in [6, 6.07) is 0. The van der Waals surface area contributed by atoms with Gasteiger partial charge in [-0.2, -0.15) is 0 Å². The van der Waals surface area contributed by atoms with E-state index >= 15 is 0 Å². The van der Waals surface area contributed by atoms with Crippen molar-refractivity contribution in [2.75, 3.05) is 20.6 Å². The Morgan fingerprint density at radius 3 is 2.27 bits per heavy atom. The van der Waals surface area contributed by atoms with Gasteiger partial charge >= 0.3 is 0 Å². The molecule has 0 radical (unpaired) electrons. The van der Waals surface area contributed by atoms with Crippen LogP contribution in [0.3, 0.4) is 0 Å². The normalized spacial score (nSPS) is 31.4. The zero-order valence-corrected chi connectivity index (χ0v) is 15.3. The van der Waals surface area contributed by atoms with Crippen molar-refractivity contribution in [3.63, 3.8) is 0 Å². The molecule has 2 unspecified atom stereocenters. The number of carbonyl (C=O) groups excluding carboxylic acids is 1. The highest BCUT2D eigenvalue weighted by Crippen LogP contribution is 2.33. The molecule has 0 bridgehead atoms. The van der Waals surface area contributed by atoms with E-state index < -0.39 is 0 Å². The molecule has 4 nitrogen and oxygen atoms in total. The number of hydrogen-bond acceptors (Lipinski definition) is 3. The number of rotatable bonds is 4. The minimum atomic E-state index is -0.333. The van der Waals surface area contributed by atoms with Crippen molar-refractivity contribution < 1.29 is 4.79 Å². The van der Waals surface area contributed by atoms with Crippen LogP contribution in [-0.2, 0) is 4.79 Å². The molecule has 22 heavy (non-hydrogen) atoms. The quantitative estimate of drug-likeness (QED) is 0.832. The topological polar surface area (TPSA) is 58.4 Å². The van der Waals surface area contributed by atoms with Gasteiger partial charge in [0.2, 0.25) is 5.91 Å². The van der Waals surface area contributed by atoms with Gasteiger partial charge in [-0.25, -0.2) is 0 Å². The third-order valence-electron chi connectivity index (χ3n) is 5.90. The largest absolute Gasteiger partial charge is 0.354 e. The van der Waals surface area contributed by atoms with Gasteiger partial charge in [0.25, 0.3) is 0 Å². The maximum atomic E-state index is 12.6. The number of likely N-dealkylation sites (N-methyl/N-ethyl adjacent to an activating group) is 1. The van der Waals surface area contributed by atoms with E-state index in [9.17, 15) is 4.79 Å². The molecule has 0 aromatic rings. The van der Waals surface area contributed by atoms with Gasteiger partial charge in [0, 0.05) is 17.6 Å². The summed E-state index contributed by atoms with van der Waals surface area (Å²) in [5.74, 6) is 0.153. The van der Waals surface area contributed by atoms with Crippen LogP contribution in [0, 0.1) is 5.92 Å². The van der Waals surface area contributed by atoms with E-state index in [1.165, 1.54) is 32.1 Å². The van der Waals surface area contributed by atoms with Gasteiger partial charge in [0.1, 0.15) is 0 Å². The molecule has 2 saturated carbocycles. The minimum absolute atomic E-state index is 0. The Balaban J connectivity index is 0.00000242. The summed E-state index contributed by atoms with van der Waals surface area (Å²) in [5, 5.41) is 3.24. The van der Waals surface area contributed by atoms with Crippen molar-refractivity contribution in [2.45, 2.75) is 75.8 Å². The highest BCUT2D eigenvalue weighted by Gasteiger charge is 2.40. The monoisotopic (exact) mass is 331 g/mol. The molecule has 2 fully saturated rings. The second-order valence-electron chi connectivity index (χ2n) is 7.70. The molecule has 0 heterocycles. The van der Waals surface area contributed by atoms with Gasteiger partial charge in [-0.3, -0.25) is 4.79 Å². The standard InChI is InChI=1S/C17H33N3O.ClH/c1-16(18)10-8-5-9-14(16)15(21)19-13-17(20(2)3)11-6-4-7-12-17;/h14H,4-13,18H2,1-3H3,(H,19,21);1H. The molecule has 2 aliphatic rings. The summed E-state index contributed by atoms with van der Waals surface area (Å²) in [6.45, 7) is 2.81. The number of nitrogens with zero attached hydrogens (tertiary/aromatic N) is 1. The maximum Gasteiger partial charge on any atom is 0.225 e. The van der Waals surface area contributed by atoms with Crippen LogP contribution < -0.4 is 11.1 Å². The van der Waals surface area contributed by atoms with Crippen LogP contribution in [0.15, 0.2) is 0 Å². The highest BCUT2D eigenvalue weighted by molar-refractivity contribution is 5.85. The Bertz CT molecular complexity index is 365. The van der Waals surface area contributed by atoms with Crippen LogP contribution in [-0.4, -0.2) is 42.5 Å². The van der Waals surface area contributed by atoms with E-state index in [1.807, 2.05) is 6.92 Å². The van der Waals surface area contributed by atoms with Gasteiger partial charge in [-0.1, -0.05) is 32.1 Å². The molecule has 0 aromatic heterocycles. The number of nitrogens with two attached hydrogens (primary N) is 1. The Labute approximate surface area is 142 Å². The lowest BCUT2D eigenvalue weighted by atomic mass is 9.74. The SMILES string of the molecule is CN(C)C1(CNC(=O)C2CCCCC2(C)N)CCCCC1.Cl. The molecule has 2 rings (SSSR count). The van der Waals surface area contributed by atoms with Crippen molar-refractivity contribution in [3.8, 4) is 0 Å². The van der Waals surface area contributed by atoms with Crippen LogP contribution in [0.1, 0.15) is 64.7 Å². The van der Waals surface area contributed by atoms with E-state index in [4.69, 9.17) is 5.73 Å². The lowest BCUT2D eigenvalue weighted by Crippen LogP contribution is -2.57. The van der Waals surface area contributed by atoms with Gasteiger partial charge in [0.15, 0.2) is 0 Å². The van der Waals surface area contributed by atoms with E-state index in [0.29, 0.717) is 0 Å². The van der Waals surface area contributed by atoms with E-state index in [-0.39, 0.29) is 35.3 Å². The molecular weight excluding hydrogens is 298 g/mol. The second-order valence-corrected chi connectivity index (χ2v) is 7.70. The molecule has 0 aliphatic heterocycles. The van der Waals surface area contributed by atoms with E-state index in [1.54, 1.807) is 0 Å². The number of hydrogen-bond donors (Lipinski definition) is 2. The van der Waals surface area contributed by atoms with Crippen LogP contribution in [0.4, 0.5) is 0 Å². The predicted octanol–water partition coefficient (Wildman–Crippen LogP) is 2.70. The lowest BCUT2D eigenvalue weighted by Gasteiger charge is -2.44. The van der Waals surface area contributed by atoms with Crippen molar-refractivity contribution in [1.29, 1.82) is 0 Å². The summed E-state index contributed by atoms with van der Waals surface area (Å²) in [7, 11) is 4.29. The second kappa shape index (κ2) is 7.98. The summed E-state index contributed by atoms with van der Waals surface area (Å²) in [6.07, 6.45) is 10.4. The van der Waals surface area contributed by atoms with Gasteiger partial charge < -0.3 is 16.0 Å². The summed E-state index contributed by atoms with van der Waals surface area (Å²) >= 11 is 0. The van der Waals surface area contributed by atoms with E-state index in [0.717, 1.165) is 32.2 Å². The Kier molecular flexibility index (Phi) is 7.16. The zero-order chi connectivity index (χ0) is 15.5. The lowest BCUT2D eigenvalue weighted by molar-refractivity contribution is -0.128. The van der Waals surface area contributed by atoms with E-state index in [2.05, 4.69) is 24.3 Å². The molecule has 2 aliphatic carbocycles.